The van der Waals surface area contributed by atoms with Gasteiger partial charge in [0, 0.05) is 22.3 Å². The minimum absolute atomic E-state index is 0.341. The van der Waals surface area contributed by atoms with Crippen LogP contribution in [0.4, 0.5) is 0 Å². The third kappa shape index (κ3) is 3.12. The molecule has 0 aliphatic heterocycles. The van der Waals surface area contributed by atoms with Gasteiger partial charge in [0.2, 0.25) is 0 Å². The Morgan fingerprint density at radius 2 is 2.43 bits per heavy atom. The van der Waals surface area contributed by atoms with E-state index in [-0.39, 0.29) is 0 Å². The average molecular weight is 277 g/mol. The third-order valence-electron chi connectivity index (χ3n) is 1.43. The molecule has 1 heterocycles. The fraction of sp³-hybridized carbons (Fsp3) is 0.111. The van der Waals surface area contributed by atoms with Gasteiger partial charge in [-0.2, -0.15) is 0 Å². The molecule has 0 radical (unpaired) electrons. The van der Waals surface area contributed by atoms with E-state index >= 15 is 0 Å². The second-order valence-electron chi connectivity index (χ2n) is 2.39. The number of halogens is 2. The number of nitrogens with zero attached hydrogens (tertiary/aromatic N) is 1. The molecule has 74 valence electrons. The van der Waals surface area contributed by atoms with E-state index in [0.29, 0.717) is 10.7 Å². The maximum absolute atomic E-state index is 10.8. The predicted octanol–water partition coefficient (Wildman–Crippen LogP) is 2.68. The Morgan fingerprint density at radius 3 is 3.07 bits per heavy atom. The second-order valence-corrected chi connectivity index (χ2v) is 3.66. The van der Waals surface area contributed by atoms with Crippen molar-refractivity contribution in [2.24, 2.45) is 0 Å². The zero-order valence-corrected chi connectivity index (χ0v) is 9.67. The summed E-state index contributed by atoms with van der Waals surface area (Å²) in [6.07, 6.45) is 4.42. The largest absolute Gasteiger partial charge is 0.466 e. The van der Waals surface area contributed by atoms with Crippen LogP contribution in [-0.2, 0) is 9.53 Å². The van der Waals surface area contributed by atoms with Gasteiger partial charge in [-0.15, -0.1) is 0 Å². The summed E-state index contributed by atoms with van der Waals surface area (Å²) in [5, 5.41) is 0.341. The summed E-state index contributed by atoms with van der Waals surface area (Å²) in [6, 6.07) is 1.76. The van der Waals surface area contributed by atoms with Crippen molar-refractivity contribution in [2.75, 3.05) is 7.11 Å². The van der Waals surface area contributed by atoms with Gasteiger partial charge in [0.1, 0.15) is 5.15 Å². The van der Waals surface area contributed by atoms with Crippen molar-refractivity contribution in [3.8, 4) is 0 Å². The molecule has 14 heavy (non-hydrogen) atoms. The van der Waals surface area contributed by atoms with Gasteiger partial charge in [0.25, 0.3) is 0 Å². The molecule has 1 aromatic heterocycles. The molecule has 0 bridgehead atoms. The van der Waals surface area contributed by atoms with Crippen LogP contribution in [-0.4, -0.2) is 18.1 Å². The maximum atomic E-state index is 10.8. The lowest BCUT2D eigenvalue weighted by molar-refractivity contribution is -0.134. The van der Waals surface area contributed by atoms with Crippen molar-refractivity contribution < 1.29 is 9.53 Å². The number of aromatic nitrogens is 1. The van der Waals surface area contributed by atoms with Gasteiger partial charge >= 0.3 is 5.97 Å². The van der Waals surface area contributed by atoms with Crippen molar-refractivity contribution in [1.29, 1.82) is 0 Å². The fourth-order valence-electron chi connectivity index (χ4n) is 0.781. The van der Waals surface area contributed by atoms with Crippen LogP contribution in [0, 0.1) is 0 Å². The van der Waals surface area contributed by atoms with E-state index in [1.54, 1.807) is 18.3 Å². The molecule has 0 saturated carbocycles. The van der Waals surface area contributed by atoms with Gasteiger partial charge in [0.05, 0.1) is 7.11 Å². The van der Waals surface area contributed by atoms with Crippen LogP contribution in [0.1, 0.15) is 5.56 Å². The first-order chi connectivity index (χ1) is 6.63. The summed E-state index contributed by atoms with van der Waals surface area (Å²) in [5.74, 6) is -0.430. The molecule has 0 amide bonds. The number of rotatable bonds is 2. The summed E-state index contributed by atoms with van der Waals surface area (Å²) in [5.41, 5.74) is 0.659. The van der Waals surface area contributed by atoms with Crippen LogP contribution < -0.4 is 0 Å². The van der Waals surface area contributed by atoms with E-state index in [0.717, 1.165) is 4.47 Å². The van der Waals surface area contributed by atoms with Gasteiger partial charge in [-0.3, -0.25) is 0 Å². The Bertz CT molecular complexity index is 379. The number of carbonyl (C=O) groups excluding carboxylic acids is 1. The normalized spacial score (nSPS) is 10.5. The van der Waals surface area contributed by atoms with Crippen LogP contribution in [0.2, 0.25) is 5.15 Å². The zero-order valence-electron chi connectivity index (χ0n) is 7.33. The summed E-state index contributed by atoms with van der Waals surface area (Å²) < 4.78 is 5.24. The summed E-state index contributed by atoms with van der Waals surface area (Å²) in [4.78, 5) is 14.7. The Labute approximate surface area is 94.9 Å². The lowest BCUT2D eigenvalue weighted by Gasteiger charge is -1.97. The highest BCUT2D eigenvalue weighted by Crippen LogP contribution is 2.19. The lowest BCUT2D eigenvalue weighted by Crippen LogP contribution is -1.93. The van der Waals surface area contributed by atoms with Crippen LogP contribution >= 0.6 is 27.5 Å². The molecule has 0 aliphatic rings. The molecule has 0 fully saturated rings. The van der Waals surface area contributed by atoms with Gasteiger partial charge in [-0.1, -0.05) is 11.6 Å². The number of hydrogen-bond acceptors (Lipinski definition) is 3. The van der Waals surface area contributed by atoms with E-state index in [2.05, 4.69) is 25.7 Å². The van der Waals surface area contributed by atoms with Gasteiger partial charge in [0.15, 0.2) is 0 Å². The minimum Gasteiger partial charge on any atom is -0.466 e. The van der Waals surface area contributed by atoms with Crippen LogP contribution in [0.15, 0.2) is 22.8 Å². The molecule has 0 aliphatic carbocycles. The number of methoxy groups -OCH3 is 1. The van der Waals surface area contributed by atoms with Crippen molar-refractivity contribution in [1.82, 2.24) is 4.98 Å². The standard InChI is InChI=1S/C9H7BrClNO2/c1-14-8(13)3-2-6-4-7(10)5-12-9(6)11/h2-5H,1H3. The second kappa shape index (κ2) is 5.12. The Kier molecular flexibility index (Phi) is 4.10. The maximum Gasteiger partial charge on any atom is 0.330 e. The number of esters is 1. The molecule has 1 rings (SSSR count). The van der Waals surface area contributed by atoms with E-state index in [1.807, 2.05) is 0 Å². The molecular weight excluding hydrogens is 269 g/mol. The molecule has 0 N–H and O–H groups in total. The number of carbonyl (C=O) groups is 1. The monoisotopic (exact) mass is 275 g/mol. The van der Waals surface area contributed by atoms with Crippen molar-refractivity contribution >= 4 is 39.6 Å². The van der Waals surface area contributed by atoms with Gasteiger partial charge in [-0.05, 0) is 28.1 Å². The summed E-state index contributed by atoms with van der Waals surface area (Å²) in [6.45, 7) is 0. The smallest absolute Gasteiger partial charge is 0.330 e. The van der Waals surface area contributed by atoms with Gasteiger partial charge < -0.3 is 4.74 Å². The van der Waals surface area contributed by atoms with Crippen LogP contribution in [0.5, 0.6) is 0 Å². The number of hydrogen-bond donors (Lipinski definition) is 0. The molecule has 0 saturated heterocycles. The molecule has 5 heteroatoms. The van der Waals surface area contributed by atoms with Crippen LogP contribution in [0.3, 0.4) is 0 Å². The predicted molar refractivity (Wildman–Crippen MR) is 58.0 cm³/mol. The highest BCUT2D eigenvalue weighted by atomic mass is 79.9. The topological polar surface area (TPSA) is 39.2 Å². The highest BCUT2D eigenvalue weighted by molar-refractivity contribution is 9.10. The highest BCUT2D eigenvalue weighted by Gasteiger charge is 1.99. The van der Waals surface area contributed by atoms with Gasteiger partial charge in [-0.25, -0.2) is 9.78 Å². The molecule has 0 atom stereocenters. The quantitative estimate of drug-likeness (QED) is 0.474. The Hall–Kier alpha value is -0.870. The van der Waals surface area contributed by atoms with E-state index in [9.17, 15) is 4.79 Å². The third-order valence-corrected chi connectivity index (χ3v) is 2.18. The molecule has 1 aromatic rings. The first-order valence-electron chi connectivity index (χ1n) is 3.70. The van der Waals surface area contributed by atoms with Crippen molar-refractivity contribution in [3.63, 3.8) is 0 Å². The van der Waals surface area contributed by atoms with Crippen LogP contribution in [0.25, 0.3) is 6.08 Å². The van der Waals surface area contributed by atoms with E-state index < -0.39 is 5.97 Å². The first kappa shape index (κ1) is 11.2. The van der Waals surface area contributed by atoms with E-state index in [4.69, 9.17) is 11.6 Å². The SMILES string of the molecule is COC(=O)C=Cc1cc(Br)cnc1Cl. The molecule has 0 unspecified atom stereocenters. The number of pyridine rings is 1. The van der Waals surface area contributed by atoms with E-state index in [1.165, 1.54) is 13.2 Å². The average Bonchev–Trinajstić information content (AvgIpc) is 2.19. The summed E-state index contributed by atoms with van der Waals surface area (Å²) in [7, 11) is 1.31. The zero-order chi connectivity index (χ0) is 10.6. The Morgan fingerprint density at radius 1 is 1.71 bits per heavy atom. The fourth-order valence-corrected chi connectivity index (χ4v) is 1.30. The molecular formula is C9H7BrClNO2. The first-order valence-corrected chi connectivity index (χ1v) is 4.87. The molecule has 3 nitrogen and oxygen atoms in total. The number of ether oxygens (including phenoxy) is 1. The van der Waals surface area contributed by atoms with Crippen molar-refractivity contribution in [2.45, 2.75) is 0 Å². The minimum atomic E-state index is -0.430. The Balaban J connectivity index is 2.90. The molecule has 0 spiro atoms. The summed E-state index contributed by atoms with van der Waals surface area (Å²) >= 11 is 9.04. The lowest BCUT2D eigenvalue weighted by atomic mass is 10.2. The van der Waals surface area contributed by atoms with Crippen molar-refractivity contribution in [3.05, 3.63) is 33.5 Å². The molecule has 0 aromatic carbocycles.